The minimum atomic E-state index is -0.154. The van der Waals surface area contributed by atoms with E-state index in [1.54, 1.807) is 11.3 Å². The van der Waals surface area contributed by atoms with E-state index in [1.165, 1.54) is 12.8 Å². The van der Waals surface area contributed by atoms with Crippen molar-refractivity contribution in [3.8, 4) is 10.6 Å². The van der Waals surface area contributed by atoms with Crippen molar-refractivity contribution >= 4 is 33.1 Å². The van der Waals surface area contributed by atoms with Gasteiger partial charge in [0.25, 0.3) is 5.56 Å². The standard InChI is InChI=1S/C24H24N2O2S/c1-25-18-12-7-6-11-17(18)23(27)22-20(25)15-19(21-13-8-14-29-21)26(24(22)28)16-9-4-2-3-5-10-16/h6-8,11-16H,2-5,9-10H2,1H3. The van der Waals surface area contributed by atoms with Gasteiger partial charge in [0.2, 0.25) is 5.43 Å². The van der Waals surface area contributed by atoms with Crippen molar-refractivity contribution in [3.05, 3.63) is 68.4 Å². The van der Waals surface area contributed by atoms with Crippen molar-refractivity contribution < 1.29 is 0 Å². The molecule has 1 aromatic carbocycles. The smallest absolute Gasteiger partial charge is 0.264 e. The van der Waals surface area contributed by atoms with E-state index < -0.39 is 0 Å². The lowest BCUT2D eigenvalue weighted by atomic mass is 10.0. The van der Waals surface area contributed by atoms with Crippen molar-refractivity contribution in [1.82, 2.24) is 9.13 Å². The summed E-state index contributed by atoms with van der Waals surface area (Å²) in [5, 5.41) is 2.97. The number of pyridine rings is 2. The van der Waals surface area contributed by atoms with Crippen molar-refractivity contribution in [2.45, 2.75) is 44.6 Å². The molecule has 1 fully saturated rings. The molecule has 5 heteroatoms. The van der Waals surface area contributed by atoms with Crippen molar-refractivity contribution in [1.29, 1.82) is 0 Å². The minimum Gasteiger partial charge on any atom is -0.343 e. The normalized spacial score (nSPS) is 15.8. The number of aromatic nitrogens is 2. The first-order chi connectivity index (χ1) is 14.2. The van der Waals surface area contributed by atoms with Gasteiger partial charge in [0.05, 0.1) is 21.6 Å². The molecule has 4 aromatic rings. The Morgan fingerprint density at radius 2 is 1.69 bits per heavy atom. The molecule has 0 aliphatic heterocycles. The second-order valence-corrected chi connectivity index (χ2v) is 8.94. The number of hydrogen-bond donors (Lipinski definition) is 0. The van der Waals surface area contributed by atoms with Gasteiger partial charge in [-0.05, 0) is 42.5 Å². The van der Waals surface area contributed by atoms with Gasteiger partial charge < -0.3 is 9.13 Å². The van der Waals surface area contributed by atoms with E-state index in [1.807, 2.05) is 51.9 Å². The first kappa shape index (κ1) is 18.4. The predicted octanol–water partition coefficient (Wildman–Crippen LogP) is 5.48. The molecule has 0 amide bonds. The molecule has 3 heterocycles. The van der Waals surface area contributed by atoms with E-state index in [0.29, 0.717) is 16.3 Å². The summed E-state index contributed by atoms with van der Waals surface area (Å²) in [7, 11) is 1.94. The molecule has 0 atom stereocenters. The zero-order valence-electron chi connectivity index (χ0n) is 16.6. The molecule has 29 heavy (non-hydrogen) atoms. The summed E-state index contributed by atoms with van der Waals surface area (Å²) >= 11 is 1.64. The number of fused-ring (bicyclic) bond motifs is 2. The Morgan fingerprint density at radius 1 is 0.931 bits per heavy atom. The van der Waals surface area contributed by atoms with Gasteiger partial charge in [0.1, 0.15) is 5.39 Å². The highest BCUT2D eigenvalue weighted by atomic mass is 32.1. The van der Waals surface area contributed by atoms with E-state index in [9.17, 15) is 9.59 Å². The first-order valence-electron chi connectivity index (χ1n) is 10.4. The van der Waals surface area contributed by atoms with Gasteiger partial charge in [-0.1, -0.05) is 43.9 Å². The maximum atomic E-state index is 13.8. The van der Waals surface area contributed by atoms with Crippen molar-refractivity contribution in [2.24, 2.45) is 7.05 Å². The van der Waals surface area contributed by atoms with Crippen LogP contribution in [0.25, 0.3) is 32.4 Å². The fourth-order valence-corrected chi connectivity index (χ4v) is 5.54. The lowest BCUT2D eigenvalue weighted by molar-refractivity contribution is 0.438. The fourth-order valence-electron chi connectivity index (χ4n) is 4.80. The number of thiophene rings is 1. The van der Waals surface area contributed by atoms with Crippen LogP contribution in [0.4, 0.5) is 0 Å². The summed E-state index contributed by atoms with van der Waals surface area (Å²) in [6.07, 6.45) is 6.71. The highest BCUT2D eigenvalue weighted by molar-refractivity contribution is 7.13. The maximum absolute atomic E-state index is 13.8. The number of benzene rings is 1. The van der Waals surface area contributed by atoms with Gasteiger partial charge >= 0.3 is 0 Å². The molecule has 0 N–H and O–H groups in total. The Kier molecular flexibility index (Phi) is 4.63. The summed E-state index contributed by atoms with van der Waals surface area (Å²) < 4.78 is 3.93. The zero-order valence-corrected chi connectivity index (χ0v) is 17.4. The van der Waals surface area contributed by atoms with Gasteiger partial charge in [0.15, 0.2) is 0 Å². The predicted molar refractivity (Wildman–Crippen MR) is 121 cm³/mol. The van der Waals surface area contributed by atoms with Gasteiger partial charge in [-0.2, -0.15) is 0 Å². The fraction of sp³-hybridized carbons (Fsp3) is 0.333. The van der Waals surface area contributed by atoms with Crippen LogP contribution in [0.3, 0.4) is 0 Å². The van der Waals surface area contributed by atoms with Crippen molar-refractivity contribution in [2.75, 3.05) is 0 Å². The lowest BCUT2D eigenvalue weighted by Crippen LogP contribution is -2.30. The molecule has 148 valence electrons. The summed E-state index contributed by atoms with van der Waals surface area (Å²) in [5.74, 6) is 0. The number of para-hydroxylation sites is 1. The summed E-state index contributed by atoms with van der Waals surface area (Å²) in [6, 6.07) is 13.9. The highest BCUT2D eigenvalue weighted by Gasteiger charge is 2.23. The zero-order chi connectivity index (χ0) is 20.0. The first-order valence-corrected chi connectivity index (χ1v) is 11.3. The molecule has 1 saturated carbocycles. The van der Waals surface area contributed by atoms with Crippen LogP contribution in [0.1, 0.15) is 44.6 Å². The second-order valence-electron chi connectivity index (χ2n) is 7.99. The van der Waals surface area contributed by atoms with Crippen molar-refractivity contribution in [3.63, 3.8) is 0 Å². The second kappa shape index (κ2) is 7.30. The molecule has 1 aliphatic rings. The van der Waals surface area contributed by atoms with Gasteiger partial charge in [-0.25, -0.2) is 0 Å². The summed E-state index contributed by atoms with van der Waals surface area (Å²) in [6.45, 7) is 0. The van der Waals surface area contributed by atoms with E-state index >= 15 is 0 Å². The molecule has 5 rings (SSSR count). The van der Waals surface area contributed by atoms with Gasteiger partial charge in [0, 0.05) is 18.5 Å². The Hall–Kier alpha value is -2.66. The Morgan fingerprint density at radius 3 is 2.41 bits per heavy atom. The highest BCUT2D eigenvalue weighted by Crippen LogP contribution is 2.33. The monoisotopic (exact) mass is 404 g/mol. The molecule has 0 bridgehead atoms. The van der Waals surface area contributed by atoms with E-state index in [-0.39, 0.29) is 17.0 Å². The molecular weight excluding hydrogens is 380 g/mol. The Balaban J connectivity index is 1.92. The molecule has 0 saturated heterocycles. The van der Waals surface area contributed by atoms with Gasteiger partial charge in [-0.15, -0.1) is 11.3 Å². The van der Waals surface area contributed by atoms with Crippen LogP contribution >= 0.6 is 11.3 Å². The maximum Gasteiger partial charge on any atom is 0.264 e. The molecule has 4 nitrogen and oxygen atoms in total. The third-order valence-corrected chi connectivity index (χ3v) is 7.18. The molecule has 0 spiro atoms. The average molecular weight is 405 g/mol. The SMILES string of the molecule is Cn1c2ccccc2c(=O)c2c(=O)n(C3CCCCCC3)c(-c3cccs3)cc21. The summed E-state index contributed by atoms with van der Waals surface area (Å²) in [4.78, 5) is 28.2. The minimum absolute atomic E-state index is 0.135. The summed E-state index contributed by atoms with van der Waals surface area (Å²) in [5.41, 5.74) is 2.22. The quantitative estimate of drug-likeness (QED) is 0.328. The van der Waals surface area contributed by atoms with E-state index in [4.69, 9.17) is 0 Å². The molecule has 3 aromatic heterocycles. The molecular formula is C24H24N2O2S. The van der Waals surface area contributed by atoms with Crippen LogP contribution in [0.2, 0.25) is 0 Å². The van der Waals surface area contributed by atoms with E-state index in [0.717, 1.165) is 41.8 Å². The number of aryl methyl sites for hydroxylation is 1. The van der Waals surface area contributed by atoms with Crippen LogP contribution in [-0.2, 0) is 7.05 Å². The largest absolute Gasteiger partial charge is 0.343 e. The topological polar surface area (TPSA) is 44.0 Å². The van der Waals surface area contributed by atoms with Gasteiger partial charge in [-0.3, -0.25) is 9.59 Å². The Bertz CT molecular complexity index is 1310. The van der Waals surface area contributed by atoms with Crippen LogP contribution < -0.4 is 11.0 Å². The average Bonchev–Trinajstić information content (AvgIpc) is 3.15. The van der Waals surface area contributed by atoms with E-state index in [2.05, 4.69) is 12.1 Å². The third kappa shape index (κ3) is 2.96. The molecule has 0 unspecified atom stereocenters. The number of hydrogen-bond acceptors (Lipinski definition) is 3. The molecule has 0 radical (unpaired) electrons. The van der Waals surface area contributed by atoms with Crippen LogP contribution in [0, 0.1) is 0 Å². The Labute approximate surface area is 173 Å². The lowest BCUT2D eigenvalue weighted by Gasteiger charge is -2.23. The number of rotatable bonds is 2. The van der Waals surface area contributed by atoms with Crippen LogP contribution in [-0.4, -0.2) is 9.13 Å². The third-order valence-electron chi connectivity index (χ3n) is 6.28. The molecule has 1 aliphatic carbocycles. The number of nitrogens with zero attached hydrogens (tertiary/aromatic N) is 2. The van der Waals surface area contributed by atoms with Crippen LogP contribution in [0.15, 0.2) is 57.4 Å². The van der Waals surface area contributed by atoms with Crippen LogP contribution in [0.5, 0.6) is 0 Å².